The number of aromatic nitrogens is 1. The van der Waals surface area contributed by atoms with Crippen LogP contribution in [0.3, 0.4) is 0 Å². The Labute approximate surface area is 213 Å². The van der Waals surface area contributed by atoms with Crippen molar-refractivity contribution in [3.05, 3.63) is 51.4 Å². The first kappa shape index (κ1) is 25.9. The fraction of sp³-hybridized carbons (Fsp3) is 0.621. The highest BCUT2D eigenvalue weighted by Crippen LogP contribution is 2.53. The van der Waals surface area contributed by atoms with Crippen LogP contribution in [0.5, 0.6) is 0 Å². The predicted molar refractivity (Wildman–Crippen MR) is 137 cm³/mol. The van der Waals surface area contributed by atoms with Gasteiger partial charge in [0.05, 0.1) is 5.69 Å². The number of benzene rings is 1. The van der Waals surface area contributed by atoms with Crippen LogP contribution in [0.1, 0.15) is 118 Å². The van der Waals surface area contributed by atoms with E-state index in [1.54, 1.807) is 0 Å². The molecule has 0 spiro atoms. The van der Waals surface area contributed by atoms with Crippen LogP contribution in [-0.2, 0) is 16.0 Å². The molecule has 1 atom stereocenters. The number of ketones is 1. The van der Waals surface area contributed by atoms with Gasteiger partial charge in [-0.15, -0.1) is 0 Å². The molecule has 0 amide bonds. The predicted octanol–water partition coefficient (Wildman–Crippen LogP) is 7.59. The molecule has 2 saturated carbocycles. The zero-order chi connectivity index (χ0) is 25.3. The van der Waals surface area contributed by atoms with Crippen LogP contribution >= 0.6 is 11.6 Å². The lowest BCUT2D eigenvalue weighted by Crippen LogP contribution is -2.26. The number of aliphatic carboxylic acids is 1. The summed E-state index contributed by atoms with van der Waals surface area (Å²) in [7, 11) is 0. The topological polar surface area (TPSA) is 80.4 Å². The van der Waals surface area contributed by atoms with E-state index in [9.17, 15) is 14.7 Å². The van der Waals surface area contributed by atoms with Gasteiger partial charge >= 0.3 is 5.97 Å². The first-order valence-electron chi connectivity index (χ1n) is 13.0. The monoisotopic (exact) mass is 499 g/mol. The average molecular weight is 500 g/mol. The molecule has 5 nitrogen and oxygen atoms in total. The van der Waals surface area contributed by atoms with Gasteiger partial charge in [0.2, 0.25) is 0 Å². The molecule has 1 N–H and O–H groups in total. The van der Waals surface area contributed by atoms with E-state index in [0.29, 0.717) is 34.6 Å². The van der Waals surface area contributed by atoms with E-state index in [4.69, 9.17) is 16.1 Å². The average Bonchev–Trinajstić information content (AvgIpc) is 3.47. The summed E-state index contributed by atoms with van der Waals surface area (Å²) in [5, 5.41) is 14.4. The lowest BCUT2D eigenvalue weighted by Gasteiger charge is -2.38. The first-order chi connectivity index (χ1) is 16.5. The molecule has 0 bridgehead atoms. The van der Waals surface area contributed by atoms with Crippen LogP contribution in [0.4, 0.5) is 0 Å². The molecule has 35 heavy (non-hydrogen) atoms. The number of hydrogen-bond acceptors (Lipinski definition) is 4. The molecule has 0 aliphatic heterocycles. The lowest BCUT2D eigenvalue weighted by atomic mass is 9.66. The Bertz CT molecular complexity index is 1070. The van der Waals surface area contributed by atoms with E-state index >= 15 is 0 Å². The molecule has 6 heteroatoms. The van der Waals surface area contributed by atoms with Crippen LogP contribution in [0.25, 0.3) is 0 Å². The Kier molecular flexibility index (Phi) is 7.75. The number of carboxylic acids is 1. The molecule has 2 fully saturated rings. The van der Waals surface area contributed by atoms with Gasteiger partial charge in [-0.05, 0) is 79.9 Å². The van der Waals surface area contributed by atoms with Crippen molar-refractivity contribution in [2.45, 2.75) is 103 Å². The van der Waals surface area contributed by atoms with Gasteiger partial charge in [-0.3, -0.25) is 9.59 Å². The number of rotatable bonds is 11. The first-order valence-corrected chi connectivity index (χ1v) is 13.4. The Hall–Kier alpha value is -2.14. The smallest absolute Gasteiger partial charge is 0.303 e. The largest absolute Gasteiger partial charge is 0.481 e. The molecule has 2 aromatic rings. The van der Waals surface area contributed by atoms with Gasteiger partial charge in [0, 0.05) is 41.7 Å². The summed E-state index contributed by atoms with van der Waals surface area (Å²) in [4.78, 5) is 24.5. The second kappa shape index (κ2) is 10.5. The lowest BCUT2D eigenvalue weighted by molar-refractivity contribution is -0.137. The minimum absolute atomic E-state index is 0.00657. The van der Waals surface area contributed by atoms with Crippen LogP contribution < -0.4 is 0 Å². The fourth-order valence-corrected chi connectivity index (χ4v) is 5.97. The second-order valence-corrected chi connectivity index (χ2v) is 12.5. The van der Waals surface area contributed by atoms with Gasteiger partial charge < -0.3 is 9.63 Å². The molecular weight excluding hydrogens is 462 g/mol. The number of hydrogen-bond donors (Lipinski definition) is 1. The highest BCUT2D eigenvalue weighted by atomic mass is 35.5. The normalized spacial score (nSPS) is 20.9. The van der Waals surface area contributed by atoms with Crippen molar-refractivity contribution in [3.63, 3.8) is 0 Å². The van der Waals surface area contributed by atoms with Crippen molar-refractivity contribution in [1.29, 1.82) is 0 Å². The molecule has 0 unspecified atom stereocenters. The molecule has 0 radical (unpaired) electrons. The van der Waals surface area contributed by atoms with Gasteiger partial charge in [0.25, 0.3) is 0 Å². The molecule has 1 aromatic carbocycles. The van der Waals surface area contributed by atoms with Gasteiger partial charge in [0.1, 0.15) is 11.5 Å². The summed E-state index contributed by atoms with van der Waals surface area (Å²) < 4.78 is 5.97. The summed E-state index contributed by atoms with van der Waals surface area (Å²) in [5.74, 6) is 1.48. The minimum Gasteiger partial charge on any atom is -0.481 e. The number of Topliss-reactive ketones (excluding diaryl/α,β-unsaturated/α-hetero) is 1. The third-order valence-electron chi connectivity index (χ3n) is 7.44. The summed E-state index contributed by atoms with van der Waals surface area (Å²) in [6.45, 7) is 8.83. The molecule has 2 aliphatic carbocycles. The maximum Gasteiger partial charge on any atom is 0.303 e. The molecule has 190 valence electrons. The van der Waals surface area contributed by atoms with E-state index in [2.05, 4.69) is 25.9 Å². The number of carboxylic acid groups (broad SMARTS) is 1. The van der Waals surface area contributed by atoms with Crippen molar-refractivity contribution in [1.82, 2.24) is 5.16 Å². The van der Waals surface area contributed by atoms with Gasteiger partial charge in [-0.25, -0.2) is 0 Å². The quantitative estimate of drug-likeness (QED) is 0.344. The molecule has 0 saturated heterocycles. The van der Waals surface area contributed by atoms with Crippen LogP contribution in [0, 0.1) is 18.3 Å². The highest BCUT2D eigenvalue weighted by molar-refractivity contribution is 6.31. The maximum atomic E-state index is 13.1. The van der Waals surface area contributed by atoms with E-state index in [1.807, 2.05) is 25.1 Å². The highest BCUT2D eigenvalue weighted by Gasteiger charge is 2.42. The number of nitrogens with zero attached hydrogens (tertiary/aromatic N) is 1. The van der Waals surface area contributed by atoms with Gasteiger partial charge in [-0.1, -0.05) is 49.7 Å². The van der Waals surface area contributed by atoms with Gasteiger partial charge in [0.15, 0.2) is 0 Å². The Morgan fingerprint density at radius 1 is 1.20 bits per heavy atom. The fourth-order valence-electron chi connectivity index (χ4n) is 5.66. The van der Waals surface area contributed by atoms with Crippen LogP contribution in [-0.4, -0.2) is 22.0 Å². The van der Waals surface area contributed by atoms with Crippen LogP contribution in [0.2, 0.25) is 5.02 Å². The molecule has 2 aliphatic rings. The Balaban J connectivity index is 1.51. The van der Waals surface area contributed by atoms with Crippen molar-refractivity contribution in [2.75, 3.05) is 0 Å². The van der Waals surface area contributed by atoms with E-state index in [-0.39, 0.29) is 31.0 Å². The van der Waals surface area contributed by atoms with Crippen molar-refractivity contribution >= 4 is 23.4 Å². The van der Waals surface area contributed by atoms with E-state index < -0.39 is 5.97 Å². The molecule has 1 aromatic heterocycles. The number of carbonyl (C=O) groups excluding carboxylic acids is 1. The molecular formula is C29H38ClNO4. The second-order valence-electron chi connectivity index (χ2n) is 12.1. The van der Waals surface area contributed by atoms with E-state index in [0.717, 1.165) is 48.3 Å². The SMILES string of the molecule is Cc1ccc(CC(=O)C[C@@H](CCC(=O)O)c2noc(C3CC(CC(C)(C)C)C3)c2C2CC2)c(Cl)c1. The summed E-state index contributed by atoms with van der Waals surface area (Å²) >= 11 is 6.36. The Morgan fingerprint density at radius 2 is 1.91 bits per heavy atom. The zero-order valence-electron chi connectivity index (χ0n) is 21.4. The van der Waals surface area contributed by atoms with Crippen molar-refractivity contribution in [3.8, 4) is 0 Å². The third-order valence-corrected chi connectivity index (χ3v) is 7.79. The third kappa shape index (κ3) is 6.75. The molecule has 1 heterocycles. The minimum atomic E-state index is -0.857. The van der Waals surface area contributed by atoms with E-state index in [1.165, 1.54) is 12.0 Å². The number of carbonyl (C=O) groups is 2. The summed E-state index contributed by atoms with van der Waals surface area (Å²) in [5.41, 5.74) is 4.19. The maximum absolute atomic E-state index is 13.1. The van der Waals surface area contributed by atoms with Gasteiger partial charge in [-0.2, -0.15) is 0 Å². The summed E-state index contributed by atoms with van der Waals surface area (Å²) in [6.07, 6.45) is 6.55. The number of halogens is 1. The zero-order valence-corrected chi connectivity index (χ0v) is 22.2. The number of aryl methyl sites for hydroxylation is 1. The van der Waals surface area contributed by atoms with Crippen molar-refractivity contribution in [2.24, 2.45) is 11.3 Å². The van der Waals surface area contributed by atoms with Crippen molar-refractivity contribution < 1.29 is 19.2 Å². The standard InChI is InChI=1S/C29H38ClNO4/c1-17-5-6-20(24(30)11-17)14-23(32)15-21(9-10-25(33)34)27-26(19-7-8-19)28(35-31-27)22-12-18(13-22)16-29(2,3)4/h5-6,11,18-19,21-22H,7-10,12-16H2,1-4H3,(H,33,34)/t18?,21-,22?/m1/s1. The Morgan fingerprint density at radius 3 is 2.51 bits per heavy atom. The van der Waals surface area contributed by atoms with Crippen LogP contribution in [0.15, 0.2) is 22.7 Å². The summed E-state index contributed by atoms with van der Waals surface area (Å²) in [6, 6.07) is 5.72. The molecule has 4 rings (SSSR count).